The predicted octanol–water partition coefficient (Wildman–Crippen LogP) is 4.20. The molecule has 1 aliphatic rings. The number of rotatable bonds is 9. The smallest absolute Gasteiger partial charge is 0.294 e. The molecule has 152 valence electrons. The minimum atomic E-state index is -0.548. The molecule has 0 radical (unpaired) electrons. The molecule has 1 atom stereocenters. The van der Waals surface area contributed by atoms with Gasteiger partial charge in [-0.25, -0.2) is 9.37 Å². The number of nitrogens with zero attached hydrogens (tertiary/aromatic N) is 2. The van der Waals surface area contributed by atoms with Crippen LogP contribution in [-0.4, -0.2) is 36.5 Å². The number of aryl methyl sites for hydroxylation is 2. The van der Waals surface area contributed by atoms with Crippen LogP contribution in [0.2, 0.25) is 5.15 Å². The molecule has 1 aliphatic carbocycles. The van der Waals surface area contributed by atoms with Gasteiger partial charge < -0.3 is 19.4 Å². The van der Waals surface area contributed by atoms with Gasteiger partial charge in [-0.2, -0.15) is 0 Å². The molecule has 0 unspecified atom stereocenters. The molecule has 2 aromatic rings. The van der Waals surface area contributed by atoms with E-state index in [9.17, 15) is 9.18 Å². The van der Waals surface area contributed by atoms with E-state index in [1.54, 1.807) is 17.9 Å². The van der Waals surface area contributed by atoms with Crippen LogP contribution in [0.3, 0.4) is 0 Å². The van der Waals surface area contributed by atoms with Crippen molar-refractivity contribution in [2.24, 2.45) is 5.92 Å². The Balaban J connectivity index is 1.92. The Kier molecular flexibility index (Phi) is 6.57. The van der Waals surface area contributed by atoms with E-state index in [-0.39, 0.29) is 29.2 Å². The van der Waals surface area contributed by atoms with Crippen molar-refractivity contribution in [1.29, 1.82) is 0 Å². The maximum Gasteiger partial charge on any atom is 0.294 e. The van der Waals surface area contributed by atoms with Crippen molar-refractivity contribution in [3.05, 3.63) is 45.0 Å². The molecule has 1 heterocycles. The van der Waals surface area contributed by atoms with Gasteiger partial charge in [-0.1, -0.05) is 11.6 Å². The van der Waals surface area contributed by atoms with Crippen molar-refractivity contribution in [2.45, 2.75) is 32.7 Å². The molecule has 1 aromatic carbocycles. The summed E-state index contributed by atoms with van der Waals surface area (Å²) in [6, 6.07) is 3.61. The van der Waals surface area contributed by atoms with E-state index in [0.717, 1.165) is 29.7 Å². The van der Waals surface area contributed by atoms with E-state index in [4.69, 9.17) is 21.1 Å². The summed E-state index contributed by atoms with van der Waals surface area (Å²) in [5.41, 5.74) is 2.16. The highest BCUT2D eigenvalue weighted by Gasteiger charge is 2.33. The molecule has 8 heteroatoms. The van der Waals surface area contributed by atoms with E-state index in [0.29, 0.717) is 18.3 Å². The number of anilines is 2. The predicted molar refractivity (Wildman–Crippen MR) is 108 cm³/mol. The monoisotopic (exact) mass is 408 g/mol. The summed E-state index contributed by atoms with van der Waals surface area (Å²) >= 11 is 6.20. The van der Waals surface area contributed by atoms with E-state index in [1.165, 1.54) is 0 Å². The average Bonchev–Trinajstić information content (AvgIpc) is 3.49. The number of hydrogen-bond acceptors (Lipinski definition) is 5. The first-order chi connectivity index (χ1) is 13.4. The Bertz CT molecular complexity index is 899. The average molecular weight is 409 g/mol. The van der Waals surface area contributed by atoms with Crippen molar-refractivity contribution >= 4 is 23.1 Å². The van der Waals surface area contributed by atoms with Gasteiger partial charge in [0.1, 0.15) is 24.2 Å². The van der Waals surface area contributed by atoms with Crippen LogP contribution in [0.4, 0.5) is 15.9 Å². The maximum absolute atomic E-state index is 13.0. The van der Waals surface area contributed by atoms with Gasteiger partial charge in [0.15, 0.2) is 5.82 Å². The Morgan fingerprint density at radius 2 is 2.11 bits per heavy atom. The Morgan fingerprint density at radius 3 is 2.75 bits per heavy atom. The van der Waals surface area contributed by atoms with Gasteiger partial charge in [0, 0.05) is 19.0 Å². The van der Waals surface area contributed by atoms with Crippen LogP contribution in [0.5, 0.6) is 5.75 Å². The minimum absolute atomic E-state index is 0.00959. The Hall–Kier alpha value is -2.12. The van der Waals surface area contributed by atoms with Gasteiger partial charge in [-0.05, 0) is 55.9 Å². The Morgan fingerprint density at radius 1 is 1.36 bits per heavy atom. The van der Waals surface area contributed by atoms with Gasteiger partial charge in [0.05, 0.1) is 12.6 Å². The van der Waals surface area contributed by atoms with Crippen molar-refractivity contribution < 1.29 is 13.9 Å². The molecule has 0 bridgehead atoms. The number of halogens is 2. The number of nitrogens with one attached hydrogen (secondary N) is 1. The van der Waals surface area contributed by atoms with Gasteiger partial charge in [-0.15, -0.1) is 0 Å². The first-order valence-corrected chi connectivity index (χ1v) is 9.67. The quantitative estimate of drug-likeness (QED) is 0.673. The lowest BCUT2D eigenvalue weighted by Gasteiger charge is -2.20. The second-order valence-electron chi connectivity index (χ2n) is 7.08. The summed E-state index contributed by atoms with van der Waals surface area (Å²) in [4.78, 5) is 17.2. The first kappa shape index (κ1) is 20.6. The number of alkyl halides is 1. The Labute approximate surface area is 168 Å². The third-order valence-electron chi connectivity index (χ3n) is 4.87. The number of benzene rings is 1. The van der Waals surface area contributed by atoms with Crippen molar-refractivity contribution in [3.63, 3.8) is 0 Å². The fourth-order valence-electron chi connectivity index (χ4n) is 3.26. The molecular formula is C20H25ClFN3O3. The van der Waals surface area contributed by atoms with Crippen molar-refractivity contribution in [1.82, 2.24) is 9.55 Å². The van der Waals surface area contributed by atoms with Gasteiger partial charge in [0.25, 0.3) is 5.56 Å². The van der Waals surface area contributed by atoms with Crippen LogP contribution in [0.15, 0.2) is 23.1 Å². The standard InChI is InChI=1S/C20H25ClFN3O3/c1-12-9-17(28-7-6-22)13(2)8-15(12)23-19-20(26)25(10-18(21)24-19)16(11-27-3)14-4-5-14/h8-10,14,16H,4-7,11H2,1-3H3,(H,23,24)/t16-/m0/s1/i22-1. The summed E-state index contributed by atoms with van der Waals surface area (Å²) in [5, 5.41) is 3.34. The van der Waals surface area contributed by atoms with Gasteiger partial charge >= 0.3 is 0 Å². The molecule has 0 aliphatic heterocycles. The normalized spacial score (nSPS) is 14.8. The number of aromatic nitrogens is 2. The molecule has 1 N–H and O–H groups in total. The largest absolute Gasteiger partial charge is 0.491 e. The number of ether oxygens (including phenoxy) is 2. The third-order valence-corrected chi connectivity index (χ3v) is 5.05. The van der Waals surface area contributed by atoms with Crippen LogP contribution in [0, 0.1) is 19.8 Å². The molecular weight excluding hydrogens is 384 g/mol. The fraction of sp³-hybridized carbons (Fsp3) is 0.500. The topological polar surface area (TPSA) is 65.4 Å². The van der Waals surface area contributed by atoms with Crippen molar-refractivity contribution in [2.75, 3.05) is 32.3 Å². The molecule has 0 saturated heterocycles. The number of methoxy groups -OCH3 is 1. The lowest BCUT2D eigenvalue weighted by Crippen LogP contribution is -2.30. The van der Waals surface area contributed by atoms with E-state index in [1.807, 2.05) is 26.0 Å². The van der Waals surface area contributed by atoms with E-state index < -0.39 is 6.67 Å². The number of hydrogen-bond donors (Lipinski definition) is 1. The highest BCUT2D eigenvalue weighted by Crippen LogP contribution is 2.39. The SMILES string of the molecule is COC[C@@H](C1CC1)n1cc(Cl)nc(Nc2cc(C)c(OCC[18F])cc2C)c1=O. The van der Waals surface area contributed by atoms with Crippen LogP contribution in [-0.2, 0) is 4.74 Å². The molecule has 1 fully saturated rings. The molecule has 1 aromatic heterocycles. The van der Waals surface area contributed by atoms with Crippen LogP contribution in [0.25, 0.3) is 0 Å². The minimum Gasteiger partial charge on any atom is -0.491 e. The second kappa shape index (κ2) is 8.92. The maximum atomic E-state index is 13.0. The highest BCUT2D eigenvalue weighted by atomic mass is 35.5. The van der Waals surface area contributed by atoms with Crippen LogP contribution in [0.1, 0.15) is 30.0 Å². The molecule has 28 heavy (non-hydrogen) atoms. The zero-order valence-electron chi connectivity index (χ0n) is 16.3. The third kappa shape index (κ3) is 4.64. The highest BCUT2D eigenvalue weighted by molar-refractivity contribution is 6.29. The van der Waals surface area contributed by atoms with Crippen molar-refractivity contribution in [3.8, 4) is 5.75 Å². The summed E-state index contributed by atoms with van der Waals surface area (Å²) < 4.78 is 24.7. The molecule has 0 spiro atoms. The summed E-state index contributed by atoms with van der Waals surface area (Å²) in [6.45, 7) is 3.65. The zero-order chi connectivity index (χ0) is 20.3. The lowest BCUT2D eigenvalue weighted by atomic mass is 10.1. The van der Waals surface area contributed by atoms with Gasteiger partial charge in [0.2, 0.25) is 0 Å². The lowest BCUT2D eigenvalue weighted by molar-refractivity contribution is 0.143. The summed E-state index contributed by atoms with van der Waals surface area (Å²) in [6.07, 6.45) is 3.71. The first-order valence-electron chi connectivity index (χ1n) is 9.29. The zero-order valence-corrected chi connectivity index (χ0v) is 17.1. The van der Waals surface area contributed by atoms with Crippen LogP contribution >= 0.6 is 11.6 Å². The molecule has 3 rings (SSSR count). The second-order valence-corrected chi connectivity index (χ2v) is 7.47. The van der Waals surface area contributed by atoms with E-state index in [2.05, 4.69) is 10.3 Å². The fourth-order valence-corrected chi connectivity index (χ4v) is 3.45. The molecule has 0 amide bonds. The molecule has 1 saturated carbocycles. The summed E-state index contributed by atoms with van der Waals surface area (Å²) in [7, 11) is 1.63. The van der Waals surface area contributed by atoms with Gasteiger partial charge in [-0.3, -0.25) is 4.79 Å². The summed E-state index contributed by atoms with van der Waals surface area (Å²) in [5.74, 6) is 1.19. The molecule has 6 nitrogen and oxygen atoms in total. The van der Waals surface area contributed by atoms with E-state index >= 15 is 0 Å². The van der Waals surface area contributed by atoms with Crippen LogP contribution < -0.4 is 15.6 Å².